The second kappa shape index (κ2) is 5.12. The van der Waals surface area contributed by atoms with Crippen LogP contribution in [0.1, 0.15) is 18.4 Å². The average Bonchev–Trinajstić information content (AvgIpc) is 2.33. The van der Waals surface area contributed by atoms with E-state index in [1.165, 1.54) is 19.2 Å². The van der Waals surface area contributed by atoms with Crippen LogP contribution in [-0.2, 0) is 0 Å². The molecule has 5 nitrogen and oxygen atoms in total. The molecule has 1 unspecified atom stereocenters. The Hall–Kier alpha value is -1.36. The van der Waals surface area contributed by atoms with E-state index in [0.717, 1.165) is 24.5 Å². The summed E-state index contributed by atoms with van der Waals surface area (Å²) in [5.41, 5.74) is 0.968. The molecular weight excluding hydrogens is 204 g/mol. The first-order valence-electron chi connectivity index (χ1n) is 5.64. The summed E-state index contributed by atoms with van der Waals surface area (Å²) in [6.07, 6.45) is 3.92. The van der Waals surface area contributed by atoms with E-state index in [4.69, 9.17) is 4.74 Å². The van der Waals surface area contributed by atoms with Crippen LogP contribution < -0.4 is 15.4 Å². The van der Waals surface area contributed by atoms with Crippen LogP contribution in [0.5, 0.6) is 5.88 Å². The van der Waals surface area contributed by atoms with Gasteiger partial charge in [-0.3, -0.25) is 0 Å². The van der Waals surface area contributed by atoms with Gasteiger partial charge in [0, 0.05) is 12.6 Å². The Bertz CT molecular complexity index is 350. The molecule has 16 heavy (non-hydrogen) atoms. The Morgan fingerprint density at radius 1 is 1.50 bits per heavy atom. The summed E-state index contributed by atoms with van der Waals surface area (Å²) in [5, 5.41) is 6.80. The van der Waals surface area contributed by atoms with E-state index in [2.05, 4.69) is 20.6 Å². The summed E-state index contributed by atoms with van der Waals surface area (Å²) in [4.78, 5) is 8.31. The van der Waals surface area contributed by atoms with Crippen LogP contribution in [0.25, 0.3) is 0 Å². The van der Waals surface area contributed by atoms with Crippen LogP contribution in [0.4, 0.5) is 5.82 Å². The van der Waals surface area contributed by atoms with Crippen molar-refractivity contribution in [2.24, 2.45) is 0 Å². The summed E-state index contributed by atoms with van der Waals surface area (Å²) >= 11 is 0. The quantitative estimate of drug-likeness (QED) is 0.797. The molecule has 0 bridgehead atoms. The fourth-order valence-electron chi connectivity index (χ4n) is 1.95. The minimum Gasteiger partial charge on any atom is -0.481 e. The predicted molar refractivity (Wildman–Crippen MR) is 62.8 cm³/mol. The number of aromatic nitrogens is 2. The third-order valence-electron chi connectivity index (χ3n) is 2.87. The van der Waals surface area contributed by atoms with Gasteiger partial charge in [0.1, 0.15) is 12.1 Å². The number of anilines is 1. The number of methoxy groups -OCH3 is 1. The molecule has 0 saturated carbocycles. The van der Waals surface area contributed by atoms with Crippen LogP contribution in [0, 0.1) is 6.92 Å². The van der Waals surface area contributed by atoms with Crippen LogP contribution in [0.2, 0.25) is 0 Å². The summed E-state index contributed by atoms with van der Waals surface area (Å²) in [6, 6.07) is 0.451. The molecule has 0 aliphatic carbocycles. The van der Waals surface area contributed by atoms with E-state index < -0.39 is 0 Å². The molecule has 1 fully saturated rings. The molecule has 2 heterocycles. The highest BCUT2D eigenvalue weighted by Gasteiger charge is 2.15. The van der Waals surface area contributed by atoms with E-state index in [-0.39, 0.29) is 0 Å². The summed E-state index contributed by atoms with van der Waals surface area (Å²) < 4.78 is 5.17. The van der Waals surface area contributed by atoms with E-state index >= 15 is 0 Å². The number of nitrogens with one attached hydrogen (secondary N) is 2. The Balaban J connectivity index is 2.08. The molecule has 1 aliphatic heterocycles. The van der Waals surface area contributed by atoms with Crippen molar-refractivity contribution in [3.8, 4) is 5.88 Å². The zero-order valence-electron chi connectivity index (χ0n) is 9.79. The van der Waals surface area contributed by atoms with Crippen LogP contribution >= 0.6 is 0 Å². The molecule has 1 aromatic heterocycles. The largest absolute Gasteiger partial charge is 0.481 e. The number of nitrogens with zero attached hydrogens (tertiary/aromatic N) is 2. The smallest absolute Gasteiger partial charge is 0.221 e. The van der Waals surface area contributed by atoms with Crippen LogP contribution in [0.3, 0.4) is 0 Å². The van der Waals surface area contributed by atoms with Gasteiger partial charge in [0.25, 0.3) is 0 Å². The molecule has 1 atom stereocenters. The average molecular weight is 222 g/mol. The molecule has 1 aromatic rings. The highest BCUT2D eigenvalue weighted by Crippen LogP contribution is 2.21. The van der Waals surface area contributed by atoms with E-state index in [1.807, 2.05) is 6.92 Å². The van der Waals surface area contributed by atoms with Gasteiger partial charge in [-0.1, -0.05) is 0 Å². The topological polar surface area (TPSA) is 59.1 Å². The van der Waals surface area contributed by atoms with Gasteiger partial charge in [0.05, 0.1) is 12.7 Å². The van der Waals surface area contributed by atoms with Gasteiger partial charge in [0.15, 0.2) is 0 Å². The lowest BCUT2D eigenvalue weighted by molar-refractivity contribution is 0.393. The molecule has 0 aromatic carbocycles. The fourth-order valence-corrected chi connectivity index (χ4v) is 1.95. The van der Waals surface area contributed by atoms with E-state index in [1.54, 1.807) is 7.11 Å². The summed E-state index contributed by atoms with van der Waals surface area (Å²) in [6.45, 7) is 4.08. The second-order valence-electron chi connectivity index (χ2n) is 4.04. The SMILES string of the molecule is COc1ncnc(NC2CCCNC2)c1C. The lowest BCUT2D eigenvalue weighted by Gasteiger charge is -2.25. The highest BCUT2D eigenvalue weighted by atomic mass is 16.5. The number of hydrogen-bond acceptors (Lipinski definition) is 5. The minimum atomic E-state index is 0.451. The third kappa shape index (κ3) is 2.41. The molecule has 2 N–H and O–H groups in total. The van der Waals surface area contributed by atoms with Crippen molar-refractivity contribution in [2.45, 2.75) is 25.8 Å². The molecule has 1 saturated heterocycles. The summed E-state index contributed by atoms with van der Waals surface area (Å²) in [5.74, 6) is 1.52. The van der Waals surface area contributed by atoms with Crippen molar-refractivity contribution >= 4 is 5.82 Å². The lowest BCUT2D eigenvalue weighted by atomic mass is 10.1. The van der Waals surface area contributed by atoms with Gasteiger partial charge in [-0.05, 0) is 26.3 Å². The number of piperidine rings is 1. The van der Waals surface area contributed by atoms with Crippen molar-refractivity contribution in [3.63, 3.8) is 0 Å². The molecule has 0 amide bonds. The first-order valence-corrected chi connectivity index (χ1v) is 5.64. The van der Waals surface area contributed by atoms with Gasteiger partial charge in [0.2, 0.25) is 5.88 Å². The molecular formula is C11H18N4O. The van der Waals surface area contributed by atoms with Crippen molar-refractivity contribution < 1.29 is 4.74 Å². The van der Waals surface area contributed by atoms with Gasteiger partial charge < -0.3 is 15.4 Å². The van der Waals surface area contributed by atoms with Crippen molar-refractivity contribution in [3.05, 3.63) is 11.9 Å². The zero-order chi connectivity index (χ0) is 11.4. The Morgan fingerprint density at radius 2 is 2.38 bits per heavy atom. The standard InChI is InChI=1S/C11H18N4O/c1-8-10(13-7-14-11(8)16-2)15-9-4-3-5-12-6-9/h7,9,12H,3-6H2,1-2H3,(H,13,14,15). The summed E-state index contributed by atoms with van der Waals surface area (Å²) in [7, 11) is 1.63. The van der Waals surface area contributed by atoms with Gasteiger partial charge >= 0.3 is 0 Å². The molecule has 0 radical (unpaired) electrons. The maximum atomic E-state index is 5.17. The van der Waals surface area contributed by atoms with Crippen LogP contribution in [-0.4, -0.2) is 36.2 Å². The Kier molecular flexibility index (Phi) is 3.56. The van der Waals surface area contributed by atoms with Crippen molar-refractivity contribution in [1.29, 1.82) is 0 Å². The molecule has 5 heteroatoms. The van der Waals surface area contributed by atoms with Crippen molar-refractivity contribution in [1.82, 2.24) is 15.3 Å². The highest BCUT2D eigenvalue weighted by molar-refractivity contribution is 5.48. The maximum absolute atomic E-state index is 5.17. The Morgan fingerprint density at radius 3 is 3.06 bits per heavy atom. The second-order valence-corrected chi connectivity index (χ2v) is 4.04. The molecule has 88 valence electrons. The minimum absolute atomic E-state index is 0.451. The molecule has 2 rings (SSSR count). The first kappa shape index (κ1) is 11.1. The number of hydrogen-bond donors (Lipinski definition) is 2. The Labute approximate surface area is 95.6 Å². The van der Waals surface area contributed by atoms with E-state index in [9.17, 15) is 0 Å². The number of ether oxygens (including phenoxy) is 1. The van der Waals surface area contributed by atoms with Gasteiger partial charge in [-0.2, -0.15) is 0 Å². The lowest BCUT2D eigenvalue weighted by Crippen LogP contribution is -2.38. The van der Waals surface area contributed by atoms with Crippen molar-refractivity contribution in [2.75, 3.05) is 25.5 Å². The number of rotatable bonds is 3. The first-order chi connectivity index (χ1) is 7.81. The predicted octanol–water partition coefficient (Wildman–Crippen LogP) is 0.958. The van der Waals surface area contributed by atoms with E-state index in [0.29, 0.717) is 11.9 Å². The fraction of sp³-hybridized carbons (Fsp3) is 0.636. The van der Waals surface area contributed by atoms with Crippen LogP contribution in [0.15, 0.2) is 6.33 Å². The third-order valence-corrected chi connectivity index (χ3v) is 2.87. The maximum Gasteiger partial charge on any atom is 0.221 e. The zero-order valence-corrected chi connectivity index (χ0v) is 9.79. The molecule has 0 spiro atoms. The van der Waals surface area contributed by atoms with Gasteiger partial charge in [-0.15, -0.1) is 0 Å². The normalized spacial score (nSPS) is 20.5. The van der Waals surface area contributed by atoms with Gasteiger partial charge in [-0.25, -0.2) is 9.97 Å². The molecule has 1 aliphatic rings. The monoisotopic (exact) mass is 222 g/mol.